The zero-order valence-electron chi connectivity index (χ0n) is 18.0. The van der Waals surface area contributed by atoms with E-state index in [1.807, 2.05) is 24.3 Å². The molecule has 0 spiro atoms. The second-order valence-electron chi connectivity index (χ2n) is 6.98. The molecule has 0 saturated carbocycles. The summed E-state index contributed by atoms with van der Waals surface area (Å²) < 4.78 is 15.9. The van der Waals surface area contributed by atoms with Crippen molar-refractivity contribution in [3.8, 4) is 23.0 Å². The molecule has 11 heteroatoms. The van der Waals surface area contributed by atoms with Gasteiger partial charge in [0, 0.05) is 22.9 Å². The highest BCUT2D eigenvalue weighted by Crippen LogP contribution is 2.28. The Hall–Kier alpha value is -4.51. The maximum absolute atomic E-state index is 12.5. The van der Waals surface area contributed by atoms with E-state index in [2.05, 4.69) is 15.6 Å². The van der Waals surface area contributed by atoms with Crippen LogP contribution in [0.5, 0.6) is 11.5 Å². The van der Waals surface area contributed by atoms with Crippen molar-refractivity contribution in [1.29, 1.82) is 0 Å². The second kappa shape index (κ2) is 9.55. The number of aromatic nitrogens is 1. The SMILES string of the molecule is COc1ccc(-c2nc3cc(NC(=S)NC(=O)c4ccc(OC)c([N+](=O)[O-])c4)ccc3o2)cc1. The largest absolute Gasteiger partial charge is 0.497 e. The molecule has 34 heavy (non-hydrogen) atoms. The summed E-state index contributed by atoms with van der Waals surface area (Å²) in [6.45, 7) is 0. The normalized spacial score (nSPS) is 10.5. The van der Waals surface area contributed by atoms with Crippen LogP contribution in [0.15, 0.2) is 65.1 Å². The summed E-state index contributed by atoms with van der Waals surface area (Å²) in [6.07, 6.45) is 0. The number of fused-ring (bicyclic) bond motifs is 1. The van der Waals surface area contributed by atoms with E-state index < -0.39 is 10.8 Å². The molecular formula is C23H18N4O6S. The Morgan fingerprint density at radius 1 is 1.06 bits per heavy atom. The fourth-order valence-electron chi connectivity index (χ4n) is 3.17. The van der Waals surface area contributed by atoms with Crippen LogP contribution < -0.4 is 20.1 Å². The van der Waals surface area contributed by atoms with E-state index in [0.29, 0.717) is 22.7 Å². The molecule has 0 aliphatic carbocycles. The Labute approximate surface area is 198 Å². The number of hydrogen-bond acceptors (Lipinski definition) is 8. The number of anilines is 1. The van der Waals surface area contributed by atoms with Gasteiger partial charge in [0.2, 0.25) is 5.89 Å². The predicted octanol–water partition coefficient (Wildman–Crippen LogP) is 4.55. The van der Waals surface area contributed by atoms with Crippen LogP contribution in [0.2, 0.25) is 0 Å². The monoisotopic (exact) mass is 478 g/mol. The summed E-state index contributed by atoms with van der Waals surface area (Å²) in [5.74, 6) is 0.627. The smallest absolute Gasteiger partial charge is 0.311 e. The molecule has 0 radical (unpaired) electrons. The molecule has 0 aliphatic heterocycles. The topological polar surface area (TPSA) is 129 Å². The van der Waals surface area contributed by atoms with Crippen molar-refractivity contribution >= 4 is 45.7 Å². The van der Waals surface area contributed by atoms with Crippen molar-refractivity contribution < 1.29 is 23.6 Å². The Morgan fingerprint density at radius 3 is 2.50 bits per heavy atom. The van der Waals surface area contributed by atoms with Gasteiger partial charge in [-0.1, -0.05) is 0 Å². The minimum atomic E-state index is -0.625. The Balaban J connectivity index is 1.47. The second-order valence-corrected chi connectivity index (χ2v) is 7.39. The summed E-state index contributed by atoms with van der Waals surface area (Å²) in [7, 11) is 2.91. The van der Waals surface area contributed by atoms with Crippen molar-refractivity contribution in [2.75, 3.05) is 19.5 Å². The van der Waals surface area contributed by atoms with Crippen molar-refractivity contribution in [3.63, 3.8) is 0 Å². The average Bonchev–Trinajstić information content (AvgIpc) is 3.27. The summed E-state index contributed by atoms with van der Waals surface area (Å²) in [5, 5.41) is 16.6. The van der Waals surface area contributed by atoms with E-state index in [1.165, 1.54) is 19.2 Å². The van der Waals surface area contributed by atoms with Crippen LogP contribution in [0.3, 0.4) is 0 Å². The summed E-state index contributed by atoms with van der Waals surface area (Å²) in [5.41, 5.74) is 2.29. The van der Waals surface area contributed by atoms with Gasteiger partial charge in [-0.15, -0.1) is 0 Å². The first-order valence-electron chi connectivity index (χ1n) is 9.87. The number of amides is 1. The molecule has 10 nitrogen and oxygen atoms in total. The number of nitrogens with one attached hydrogen (secondary N) is 2. The quantitative estimate of drug-likeness (QED) is 0.233. The van der Waals surface area contributed by atoms with Gasteiger partial charge >= 0.3 is 5.69 Å². The first-order chi connectivity index (χ1) is 16.4. The zero-order valence-corrected chi connectivity index (χ0v) is 18.8. The lowest BCUT2D eigenvalue weighted by Gasteiger charge is -2.10. The van der Waals surface area contributed by atoms with Crippen LogP contribution in [0.1, 0.15) is 10.4 Å². The van der Waals surface area contributed by atoms with Crippen molar-refractivity contribution in [3.05, 3.63) is 76.3 Å². The number of methoxy groups -OCH3 is 2. The molecule has 0 atom stereocenters. The number of carbonyl (C=O) groups excluding carboxylic acids is 1. The highest BCUT2D eigenvalue weighted by atomic mass is 32.1. The standard InChI is InChI=1S/C23H18N4O6S/c1-31-16-7-3-13(4-8-16)22-25-17-12-15(6-10-19(17)33-22)24-23(34)26-21(28)14-5-9-20(32-2)18(11-14)27(29)30/h3-12H,1-2H3,(H2,24,26,28,34). The van der Waals surface area contributed by atoms with E-state index >= 15 is 0 Å². The van der Waals surface area contributed by atoms with Gasteiger partial charge in [0.05, 0.1) is 19.1 Å². The predicted molar refractivity (Wildman–Crippen MR) is 129 cm³/mol. The third kappa shape index (κ3) is 4.79. The fourth-order valence-corrected chi connectivity index (χ4v) is 3.38. The van der Waals surface area contributed by atoms with E-state index in [-0.39, 0.29) is 22.1 Å². The highest BCUT2D eigenvalue weighted by molar-refractivity contribution is 7.80. The van der Waals surface area contributed by atoms with Gasteiger partial charge in [0.25, 0.3) is 5.91 Å². The van der Waals surface area contributed by atoms with Gasteiger partial charge in [-0.3, -0.25) is 20.2 Å². The maximum Gasteiger partial charge on any atom is 0.311 e. The van der Waals surface area contributed by atoms with Gasteiger partial charge in [-0.05, 0) is 66.8 Å². The molecule has 4 aromatic rings. The number of nitro groups is 1. The molecule has 172 valence electrons. The molecule has 2 N–H and O–H groups in total. The zero-order chi connectivity index (χ0) is 24.2. The fraction of sp³-hybridized carbons (Fsp3) is 0.0870. The average molecular weight is 478 g/mol. The van der Waals surface area contributed by atoms with Gasteiger partial charge in [0.15, 0.2) is 16.4 Å². The molecular weight excluding hydrogens is 460 g/mol. The first kappa shape index (κ1) is 22.7. The number of carbonyl (C=O) groups is 1. The van der Waals surface area contributed by atoms with E-state index in [9.17, 15) is 14.9 Å². The number of hydrogen-bond donors (Lipinski definition) is 2. The molecule has 1 heterocycles. The number of rotatable bonds is 6. The lowest BCUT2D eigenvalue weighted by molar-refractivity contribution is -0.385. The molecule has 1 aromatic heterocycles. The summed E-state index contributed by atoms with van der Waals surface area (Å²) in [4.78, 5) is 27.6. The highest BCUT2D eigenvalue weighted by Gasteiger charge is 2.19. The van der Waals surface area contributed by atoms with E-state index in [1.54, 1.807) is 25.3 Å². The number of benzene rings is 3. The van der Waals surface area contributed by atoms with Crippen LogP contribution in [0.25, 0.3) is 22.6 Å². The summed E-state index contributed by atoms with van der Waals surface area (Å²) in [6, 6.07) is 16.4. The minimum Gasteiger partial charge on any atom is -0.497 e. The molecule has 1 amide bonds. The lowest BCUT2D eigenvalue weighted by Crippen LogP contribution is -2.34. The van der Waals surface area contributed by atoms with Gasteiger partial charge in [0.1, 0.15) is 11.3 Å². The van der Waals surface area contributed by atoms with Crippen LogP contribution in [-0.4, -0.2) is 35.1 Å². The number of thiocarbonyl (C=S) groups is 1. The van der Waals surface area contributed by atoms with Crippen molar-refractivity contribution in [2.45, 2.75) is 0 Å². The summed E-state index contributed by atoms with van der Waals surface area (Å²) >= 11 is 5.22. The minimum absolute atomic E-state index is 0.0155. The van der Waals surface area contributed by atoms with Gasteiger partial charge < -0.3 is 19.2 Å². The Bertz CT molecular complexity index is 1400. The molecule has 4 rings (SSSR count). The lowest BCUT2D eigenvalue weighted by atomic mass is 10.1. The van der Waals surface area contributed by atoms with Crippen molar-refractivity contribution in [1.82, 2.24) is 10.3 Å². The molecule has 0 fully saturated rings. The Kier molecular flexibility index (Phi) is 6.37. The van der Waals surface area contributed by atoms with Crippen LogP contribution in [0.4, 0.5) is 11.4 Å². The van der Waals surface area contributed by atoms with E-state index in [4.69, 9.17) is 26.1 Å². The molecule has 0 saturated heterocycles. The van der Waals surface area contributed by atoms with Crippen molar-refractivity contribution in [2.24, 2.45) is 0 Å². The third-order valence-corrected chi connectivity index (χ3v) is 5.05. The number of oxazole rings is 1. The van der Waals surface area contributed by atoms with Crippen LogP contribution in [0, 0.1) is 10.1 Å². The van der Waals surface area contributed by atoms with Gasteiger partial charge in [-0.25, -0.2) is 4.98 Å². The number of nitrogens with zero attached hydrogens (tertiary/aromatic N) is 2. The Morgan fingerprint density at radius 2 is 1.82 bits per heavy atom. The number of nitro benzene ring substituents is 1. The number of ether oxygens (including phenoxy) is 2. The van der Waals surface area contributed by atoms with Crippen LogP contribution >= 0.6 is 12.2 Å². The maximum atomic E-state index is 12.5. The van der Waals surface area contributed by atoms with E-state index in [0.717, 1.165) is 17.4 Å². The molecule has 0 bridgehead atoms. The van der Waals surface area contributed by atoms with Gasteiger partial charge in [-0.2, -0.15) is 0 Å². The third-order valence-electron chi connectivity index (χ3n) is 4.85. The molecule has 0 unspecified atom stereocenters. The first-order valence-corrected chi connectivity index (χ1v) is 10.3. The van der Waals surface area contributed by atoms with Crippen LogP contribution in [-0.2, 0) is 0 Å². The molecule has 0 aliphatic rings. The molecule has 3 aromatic carbocycles.